The maximum absolute atomic E-state index is 13.0. The minimum Gasteiger partial charge on any atom is -0.457 e. The molecular weight excluding hydrogens is 480 g/mol. The number of hydrogen-bond acceptors (Lipinski definition) is 5. The summed E-state index contributed by atoms with van der Waals surface area (Å²) in [4.78, 5) is 0.829. The lowest BCUT2D eigenvalue weighted by molar-refractivity contribution is 0.481. The molecule has 0 atom stereocenters. The van der Waals surface area contributed by atoms with Crippen molar-refractivity contribution in [3.05, 3.63) is 107 Å². The Morgan fingerprint density at radius 3 is 1.06 bits per heavy atom. The summed E-state index contributed by atoms with van der Waals surface area (Å²) in [5.41, 5.74) is 3.88. The van der Waals surface area contributed by atoms with E-state index in [9.17, 15) is 16.8 Å². The van der Waals surface area contributed by atoms with Gasteiger partial charge < -0.3 is 4.74 Å². The van der Waals surface area contributed by atoms with E-state index in [2.05, 4.69) is 0 Å². The normalized spacial score (nSPS) is 11.9. The molecule has 0 aliphatic heterocycles. The smallest absolute Gasteiger partial charge is 0.206 e. The molecule has 0 radical (unpaired) electrons. The maximum Gasteiger partial charge on any atom is 0.206 e. The zero-order valence-electron chi connectivity index (χ0n) is 19.9. The van der Waals surface area contributed by atoms with Crippen molar-refractivity contribution in [2.75, 3.05) is 0 Å². The maximum atomic E-state index is 13.0. The van der Waals surface area contributed by atoms with Crippen LogP contribution in [0.15, 0.2) is 105 Å². The Bertz CT molecular complexity index is 1480. The summed E-state index contributed by atoms with van der Waals surface area (Å²) >= 11 is 0. The first-order chi connectivity index (χ1) is 16.5. The molecule has 4 aromatic carbocycles. The third-order valence-electron chi connectivity index (χ3n) is 6.08. The van der Waals surface area contributed by atoms with Gasteiger partial charge in [0.25, 0.3) is 0 Å². The molecule has 0 fully saturated rings. The molecule has 5 nitrogen and oxygen atoms in total. The van der Waals surface area contributed by atoms with Crippen LogP contribution >= 0.6 is 0 Å². The van der Waals surface area contributed by atoms with Crippen molar-refractivity contribution >= 4 is 19.7 Å². The van der Waals surface area contributed by atoms with Gasteiger partial charge in [-0.25, -0.2) is 16.8 Å². The van der Waals surface area contributed by atoms with Crippen LogP contribution < -0.4 is 4.74 Å². The van der Waals surface area contributed by atoms with Crippen LogP contribution in [0.4, 0.5) is 0 Å². The van der Waals surface area contributed by atoms with Gasteiger partial charge in [0.2, 0.25) is 19.7 Å². The Hall–Kier alpha value is -3.42. The molecule has 0 saturated heterocycles. The number of hydrogen-bond donors (Lipinski definition) is 0. The monoisotopic (exact) mass is 506 g/mol. The summed E-state index contributed by atoms with van der Waals surface area (Å²) in [5, 5.41) is 0. The molecule has 4 rings (SSSR count). The first-order valence-electron chi connectivity index (χ1n) is 11.0. The third-order valence-corrected chi connectivity index (χ3v) is 9.62. The van der Waals surface area contributed by atoms with Crippen molar-refractivity contribution in [3.63, 3.8) is 0 Å². The second-order valence-electron chi connectivity index (χ2n) is 8.54. The number of sulfone groups is 2. The molecule has 7 heteroatoms. The van der Waals surface area contributed by atoms with Crippen molar-refractivity contribution in [3.8, 4) is 11.5 Å². The fraction of sp³-hybridized carbons (Fsp3) is 0.143. The highest BCUT2D eigenvalue weighted by Gasteiger charge is 2.20. The molecule has 0 heterocycles. The van der Waals surface area contributed by atoms with E-state index in [1.165, 1.54) is 24.3 Å². The van der Waals surface area contributed by atoms with Crippen LogP contribution in [0, 0.1) is 27.7 Å². The molecular formula is C28H26O5S2. The summed E-state index contributed by atoms with van der Waals surface area (Å²) in [6, 6.07) is 22.4. The van der Waals surface area contributed by atoms with Gasteiger partial charge >= 0.3 is 0 Å². The Morgan fingerprint density at radius 2 is 0.743 bits per heavy atom. The molecule has 0 aliphatic carbocycles. The minimum atomic E-state index is -3.64. The molecule has 4 aromatic rings. The van der Waals surface area contributed by atoms with E-state index in [1.54, 1.807) is 60.7 Å². The molecule has 180 valence electrons. The fourth-order valence-electron chi connectivity index (χ4n) is 3.54. The van der Waals surface area contributed by atoms with E-state index in [4.69, 9.17) is 4.74 Å². The molecule has 0 bridgehead atoms. The van der Waals surface area contributed by atoms with Gasteiger partial charge in [-0.3, -0.25) is 0 Å². The second-order valence-corrected chi connectivity index (χ2v) is 12.4. The zero-order valence-corrected chi connectivity index (χ0v) is 21.6. The predicted molar refractivity (Wildman–Crippen MR) is 136 cm³/mol. The highest BCUT2D eigenvalue weighted by atomic mass is 32.2. The summed E-state index contributed by atoms with van der Waals surface area (Å²) in [7, 11) is -7.29. The van der Waals surface area contributed by atoms with Crippen LogP contribution in [0.3, 0.4) is 0 Å². The van der Waals surface area contributed by atoms with Gasteiger partial charge in [-0.2, -0.15) is 0 Å². The average molecular weight is 507 g/mol. The number of benzene rings is 4. The van der Waals surface area contributed by atoms with Crippen LogP contribution in [0.25, 0.3) is 0 Å². The van der Waals surface area contributed by atoms with E-state index in [-0.39, 0.29) is 19.6 Å². The average Bonchev–Trinajstić information content (AvgIpc) is 2.83. The number of aryl methyl sites for hydroxylation is 4. The lowest BCUT2D eigenvalue weighted by atomic mass is 10.1. The lowest BCUT2D eigenvalue weighted by Crippen LogP contribution is -2.03. The van der Waals surface area contributed by atoms with Crippen LogP contribution in [0.1, 0.15) is 22.3 Å². The largest absolute Gasteiger partial charge is 0.457 e. The Kier molecular flexibility index (Phi) is 6.58. The Morgan fingerprint density at radius 1 is 0.429 bits per heavy atom. The highest BCUT2D eigenvalue weighted by molar-refractivity contribution is 7.91. The van der Waals surface area contributed by atoms with Crippen molar-refractivity contribution in [2.45, 2.75) is 47.3 Å². The second kappa shape index (κ2) is 9.32. The van der Waals surface area contributed by atoms with Crippen LogP contribution in [0.2, 0.25) is 0 Å². The fourth-order valence-corrected chi connectivity index (χ4v) is 6.24. The van der Waals surface area contributed by atoms with Gasteiger partial charge in [-0.05, 0) is 123 Å². The first kappa shape index (κ1) is 24.7. The van der Waals surface area contributed by atoms with E-state index in [0.717, 1.165) is 22.3 Å². The number of ether oxygens (including phenoxy) is 1. The van der Waals surface area contributed by atoms with Crippen molar-refractivity contribution in [1.29, 1.82) is 0 Å². The van der Waals surface area contributed by atoms with Crippen molar-refractivity contribution < 1.29 is 21.6 Å². The summed E-state index contributed by atoms with van der Waals surface area (Å²) in [6.45, 7) is 7.62. The summed E-state index contributed by atoms with van der Waals surface area (Å²) in [5.74, 6) is 0.877. The van der Waals surface area contributed by atoms with Crippen molar-refractivity contribution in [2.24, 2.45) is 0 Å². The molecule has 0 aliphatic rings. The molecule has 0 unspecified atom stereocenters. The van der Waals surface area contributed by atoms with Gasteiger partial charge in [0.15, 0.2) is 0 Å². The van der Waals surface area contributed by atoms with Gasteiger partial charge in [0, 0.05) is 0 Å². The van der Waals surface area contributed by atoms with Gasteiger partial charge in [-0.15, -0.1) is 0 Å². The number of rotatable bonds is 6. The van der Waals surface area contributed by atoms with Gasteiger partial charge in [-0.1, -0.05) is 12.1 Å². The predicted octanol–water partition coefficient (Wildman–Crippen LogP) is 6.38. The highest BCUT2D eigenvalue weighted by Crippen LogP contribution is 2.29. The third kappa shape index (κ3) is 5.01. The van der Waals surface area contributed by atoms with Crippen LogP contribution in [0.5, 0.6) is 11.5 Å². The lowest BCUT2D eigenvalue weighted by Gasteiger charge is -2.10. The molecule has 35 heavy (non-hydrogen) atoms. The quantitative estimate of drug-likeness (QED) is 0.303. The standard InChI is InChI=1S/C28H26O5S2/c1-19-5-11-27(17-21(19)3)34(29,30)25-13-7-23(8-14-25)33-24-9-15-26(16-10-24)35(31,32)28-12-6-20(2)22(4)18-28/h5-18H,1-4H3. The van der Waals surface area contributed by atoms with Crippen LogP contribution in [-0.4, -0.2) is 16.8 Å². The van der Waals surface area contributed by atoms with E-state index >= 15 is 0 Å². The molecule has 0 N–H and O–H groups in total. The first-order valence-corrected chi connectivity index (χ1v) is 14.0. The molecule has 0 spiro atoms. The van der Waals surface area contributed by atoms with Crippen LogP contribution in [-0.2, 0) is 19.7 Å². The van der Waals surface area contributed by atoms with Gasteiger partial charge in [0.05, 0.1) is 19.6 Å². The Balaban J connectivity index is 1.52. The summed E-state index contributed by atoms with van der Waals surface area (Å²) in [6.07, 6.45) is 0. The van der Waals surface area contributed by atoms with Gasteiger partial charge in [0.1, 0.15) is 11.5 Å². The topological polar surface area (TPSA) is 77.5 Å². The Labute approximate surface area is 206 Å². The SMILES string of the molecule is Cc1ccc(S(=O)(=O)c2ccc(Oc3ccc(S(=O)(=O)c4ccc(C)c(C)c4)cc3)cc2)cc1C. The zero-order chi connectivity index (χ0) is 25.4. The molecule has 0 saturated carbocycles. The molecule has 0 amide bonds. The van der Waals surface area contributed by atoms with E-state index in [0.29, 0.717) is 11.5 Å². The molecule has 0 aromatic heterocycles. The summed E-state index contributed by atoms with van der Waals surface area (Å²) < 4.78 is 57.6. The minimum absolute atomic E-state index is 0.169. The van der Waals surface area contributed by atoms with Crippen molar-refractivity contribution in [1.82, 2.24) is 0 Å². The van der Waals surface area contributed by atoms with E-state index < -0.39 is 19.7 Å². The van der Waals surface area contributed by atoms with E-state index in [1.807, 2.05) is 27.7 Å².